The van der Waals surface area contributed by atoms with Crippen LogP contribution in [0.4, 0.5) is 10.3 Å². The second-order valence-electron chi connectivity index (χ2n) is 5.86. The van der Waals surface area contributed by atoms with Gasteiger partial charge in [-0.1, -0.05) is 12.1 Å². The lowest BCUT2D eigenvalue weighted by Gasteiger charge is -2.26. The molecule has 0 spiro atoms. The zero-order valence-electron chi connectivity index (χ0n) is 14.5. The first-order valence-electron chi connectivity index (χ1n) is 8.47. The molecule has 2 heterocycles. The van der Waals surface area contributed by atoms with Crippen molar-refractivity contribution in [2.24, 2.45) is 0 Å². The van der Waals surface area contributed by atoms with Crippen molar-refractivity contribution in [3.05, 3.63) is 48.0 Å². The SMILES string of the molecule is CC(Oc1ccccc1F)C(=O)NCc1ccnc(N2CCOCC2)n1. The number of nitrogens with zero attached hydrogens (tertiary/aromatic N) is 3. The van der Waals surface area contributed by atoms with Crippen molar-refractivity contribution >= 4 is 11.9 Å². The van der Waals surface area contributed by atoms with Crippen molar-refractivity contribution in [3.8, 4) is 5.75 Å². The maximum absolute atomic E-state index is 13.6. The Kier molecular flexibility index (Phi) is 5.96. The van der Waals surface area contributed by atoms with Gasteiger partial charge in [0.05, 0.1) is 25.5 Å². The lowest BCUT2D eigenvalue weighted by Crippen LogP contribution is -2.38. The molecule has 1 amide bonds. The number of halogens is 1. The zero-order chi connectivity index (χ0) is 18.4. The molecule has 2 aromatic rings. The van der Waals surface area contributed by atoms with Gasteiger partial charge in [0.25, 0.3) is 5.91 Å². The van der Waals surface area contributed by atoms with E-state index in [-0.39, 0.29) is 18.2 Å². The number of benzene rings is 1. The molecular formula is C18H21FN4O3. The fourth-order valence-electron chi connectivity index (χ4n) is 2.50. The summed E-state index contributed by atoms with van der Waals surface area (Å²) in [6, 6.07) is 7.73. The van der Waals surface area contributed by atoms with Crippen molar-refractivity contribution < 1.29 is 18.7 Å². The van der Waals surface area contributed by atoms with Crippen LogP contribution in [0.1, 0.15) is 12.6 Å². The number of carbonyl (C=O) groups excluding carboxylic acids is 1. The number of carbonyl (C=O) groups is 1. The van der Waals surface area contributed by atoms with E-state index in [1.807, 2.05) is 4.90 Å². The molecule has 138 valence electrons. The third-order valence-corrected chi connectivity index (χ3v) is 3.95. The summed E-state index contributed by atoms with van der Waals surface area (Å²) in [7, 11) is 0. The summed E-state index contributed by atoms with van der Waals surface area (Å²) in [5.74, 6) is -0.180. The fraction of sp³-hybridized carbons (Fsp3) is 0.389. The summed E-state index contributed by atoms with van der Waals surface area (Å²) in [6.07, 6.45) is 0.839. The first-order chi connectivity index (χ1) is 12.6. The van der Waals surface area contributed by atoms with Gasteiger partial charge in [-0.25, -0.2) is 14.4 Å². The Morgan fingerprint density at radius 2 is 2.12 bits per heavy atom. The van der Waals surface area contributed by atoms with Gasteiger partial charge in [0.2, 0.25) is 5.95 Å². The monoisotopic (exact) mass is 360 g/mol. The van der Waals surface area contributed by atoms with Crippen LogP contribution in [0.2, 0.25) is 0 Å². The number of ether oxygens (including phenoxy) is 2. The minimum absolute atomic E-state index is 0.0480. The summed E-state index contributed by atoms with van der Waals surface area (Å²) >= 11 is 0. The van der Waals surface area contributed by atoms with Crippen LogP contribution in [0.15, 0.2) is 36.5 Å². The number of nitrogens with one attached hydrogen (secondary N) is 1. The number of amides is 1. The van der Waals surface area contributed by atoms with Crippen LogP contribution >= 0.6 is 0 Å². The van der Waals surface area contributed by atoms with E-state index >= 15 is 0 Å². The molecule has 1 aliphatic heterocycles. The van der Waals surface area contributed by atoms with Gasteiger partial charge in [-0.3, -0.25) is 4.79 Å². The summed E-state index contributed by atoms with van der Waals surface area (Å²) in [5, 5.41) is 2.75. The van der Waals surface area contributed by atoms with Gasteiger partial charge in [-0.05, 0) is 25.1 Å². The Balaban J connectivity index is 1.54. The molecule has 1 aliphatic rings. The van der Waals surface area contributed by atoms with Crippen molar-refractivity contribution in [3.63, 3.8) is 0 Å². The van der Waals surface area contributed by atoms with Gasteiger partial charge in [0.15, 0.2) is 17.7 Å². The fourth-order valence-corrected chi connectivity index (χ4v) is 2.50. The Morgan fingerprint density at radius 3 is 2.88 bits per heavy atom. The Bertz CT molecular complexity index is 753. The van der Waals surface area contributed by atoms with Crippen LogP contribution < -0.4 is 15.0 Å². The highest BCUT2D eigenvalue weighted by atomic mass is 19.1. The van der Waals surface area contributed by atoms with Crippen LogP contribution in [-0.4, -0.2) is 48.3 Å². The van der Waals surface area contributed by atoms with Crippen LogP contribution in [0.5, 0.6) is 5.75 Å². The molecule has 1 fully saturated rings. The molecule has 1 aromatic heterocycles. The average Bonchev–Trinajstić information content (AvgIpc) is 2.68. The summed E-state index contributed by atoms with van der Waals surface area (Å²) in [6.45, 7) is 4.58. The van der Waals surface area contributed by atoms with Gasteiger partial charge < -0.3 is 19.7 Å². The number of rotatable bonds is 6. The topological polar surface area (TPSA) is 76.6 Å². The predicted octanol–water partition coefficient (Wildman–Crippen LogP) is 1.54. The largest absolute Gasteiger partial charge is 0.478 e. The van der Waals surface area contributed by atoms with E-state index in [2.05, 4.69) is 15.3 Å². The Hall–Kier alpha value is -2.74. The van der Waals surface area contributed by atoms with E-state index in [0.717, 1.165) is 13.1 Å². The second kappa shape index (κ2) is 8.57. The van der Waals surface area contributed by atoms with E-state index in [1.54, 1.807) is 31.3 Å². The van der Waals surface area contributed by atoms with Crippen LogP contribution in [-0.2, 0) is 16.1 Å². The van der Waals surface area contributed by atoms with Crippen molar-refractivity contribution in [2.45, 2.75) is 19.6 Å². The molecule has 7 nitrogen and oxygen atoms in total. The highest BCUT2D eigenvalue weighted by Crippen LogP contribution is 2.17. The number of morpholine rings is 1. The van der Waals surface area contributed by atoms with E-state index in [1.165, 1.54) is 12.1 Å². The molecule has 1 aromatic carbocycles. The van der Waals surface area contributed by atoms with Crippen LogP contribution in [0.3, 0.4) is 0 Å². The first kappa shape index (κ1) is 18.1. The molecule has 1 atom stereocenters. The van der Waals surface area contributed by atoms with E-state index in [9.17, 15) is 9.18 Å². The number of para-hydroxylation sites is 1. The van der Waals surface area contributed by atoms with Crippen molar-refractivity contribution in [2.75, 3.05) is 31.2 Å². The number of hydrogen-bond acceptors (Lipinski definition) is 6. The normalized spacial score (nSPS) is 15.4. The third kappa shape index (κ3) is 4.66. The molecule has 0 aliphatic carbocycles. The van der Waals surface area contributed by atoms with Gasteiger partial charge in [-0.15, -0.1) is 0 Å². The molecule has 1 N–H and O–H groups in total. The lowest BCUT2D eigenvalue weighted by atomic mass is 10.3. The standard InChI is InChI=1S/C18H21FN4O3/c1-13(26-16-5-3-2-4-15(16)19)17(24)21-12-14-6-7-20-18(22-14)23-8-10-25-11-9-23/h2-7,13H,8-12H2,1H3,(H,21,24). The maximum atomic E-state index is 13.6. The lowest BCUT2D eigenvalue weighted by molar-refractivity contribution is -0.127. The summed E-state index contributed by atoms with van der Waals surface area (Å²) < 4.78 is 24.3. The van der Waals surface area contributed by atoms with Crippen molar-refractivity contribution in [1.82, 2.24) is 15.3 Å². The molecule has 26 heavy (non-hydrogen) atoms. The van der Waals surface area contributed by atoms with E-state index < -0.39 is 11.9 Å². The van der Waals surface area contributed by atoms with Crippen LogP contribution in [0.25, 0.3) is 0 Å². The van der Waals surface area contributed by atoms with Gasteiger partial charge in [0, 0.05) is 19.3 Å². The summed E-state index contributed by atoms with van der Waals surface area (Å²) in [5.41, 5.74) is 0.688. The molecule has 0 bridgehead atoms. The van der Waals surface area contributed by atoms with E-state index in [0.29, 0.717) is 24.9 Å². The van der Waals surface area contributed by atoms with Crippen molar-refractivity contribution in [1.29, 1.82) is 0 Å². The molecular weight excluding hydrogens is 339 g/mol. The molecule has 8 heteroatoms. The maximum Gasteiger partial charge on any atom is 0.261 e. The average molecular weight is 360 g/mol. The number of aromatic nitrogens is 2. The molecule has 0 saturated carbocycles. The van der Waals surface area contributed by atoms with Gasteiger partial charge in [-0.2, -0.15) is 0 Å². The second-order valence-corrected chi connectivity index (χ2v) is 5.86. The number of hydrogen-bond donors (Lipinski definition) is 1. The van der Waals surface area contributed by atoms with Gasteiger partial charge in [0.1, 0.15) is 0 Å². The van der Waals surface area contributed by atoms with E-state index in [4.69, 9.17) is 9.47 Å². The zero-order valence-corrected chi connectivity index (χ0v) is 14.5. The Morgan fingerprint density at radius 1 is 1.35 bits per heavy atom. The quantitative estimate of drug-likeness (QED) is 0.842. The molecule has 3 rings (SSSR count). The third-order valence-electron chi connectivity index (χ3n) is 3.95. The number of anilines is 1. The Labute approximate surface area is 151 Å². The molecule has 1 saturated heterocycles. The predicted molar refractivity (Wildman–Crippen MR) is 93.4 cm³/mol. The molecule has 1 unspecified atom stereocenters. The smallest absolute Gasteiger partial charge is 0.261 e. The minimum Gasteiger partial charge on any atom is -0.478 e. The highest BCUT2D eigenvalue weighted by Gasteiger charge is 2.17. The highest BCUT2D eigenvalue weighted by molar-refractivity contribution is 5.80. The first-order valence-corrected chi connectivity index (χ1v) is 8.47. The van der Waals surface area contributed by atoms with Gasteiger partial charge >= 0.3 is 0 Å². The molecule has 0 radical (unpaired) electrons. The summed E-state index contributed by atoms with van der Waals surface area (Å²) in [4.78, 5) is 23.0. The van der Waals surface area contributed by atoms with Crippen LogP contribution in [0, 0.1) is 5.82 Å². The minimum atomic E-state index is -0.826.